The van der Waals surface area contributed by atoms with Crippen LogP contribution in [0.2, 0.25) is 0 Å². The Hall–Kier alpha value is -3.42. The Morgan fingerprint density at radius 3 is 2.44 bits per heavy atom. The standard InChI is InChI=1S/C28H35N5O3/c1-4-18-7-12-23(36-14-19-5-6-19)22(13-18)25-27-26(30-15-29-25)24(16(2)31-27)28(35)33-21-10-8-20(9-11-21)32-17(3)34/h7,12-13,15,19-21,31H,4-6,8-11,14H2,1-3H3,(H,32,34)(H,33,35). The van der Waals surface area contributed by atoms with Gasteiger partial charge in [0.25, 0.3) is 5.91 Å². The smallest absolute Gasteiger partial charge is 0.255 e. The molecule has 36 heavy (non-hydrogen) atoms. The summed E-state index contributed by atoms with van der Waals surface area (Å²) in [4.78, 5) is 37.3. The average molecular weight is 490 g/mol. The van der Waals surface area contributed by atoms with Gasteiger partial charge in [0.05, 0.1) is 17.7 Å². The maximum atomic E-state index is 13.4. The first-order chi connectivity index (χ1) is 17.4. The summed E-state index contributed by atoms with van der Waals surface area (Å²) >= 11 is 0. The lowest BCUT2D eigenvalue weighted by atomic mass is 9.91. The number of rotatable bonds is 8. The normalized spacial score (nSPS) is 19.8. The molecule has 0 atom stereocenters. The van der Waals surface area contributed by atoms with Gasteiger partial charge in [0.15, 0.2) is 0 Å². The molecular weight excluding hydrogens is 454 g/mol. The third-order valence-electron chi connectivity index (χ3n) is 7.35. The number of nitrogens with zero attached hydrogens (tertiary/aromatic N) is 2. The van der Waals surface area contributed by atoms with E-state index in [1.165, 1.54) is 24.7 Å². The molecule has 0 aliphatic heterocycles. The number of carbonyl (C=O) groups excluding carboxylic acids is 2. The van der Waals surface area contributed by atoms with Crippen LogP contribution < -0.4 is 15.4 Å². The van der Waals surface area contributed by atoms with Gasteiger partial charge in [-0.3, -0.25) is 9.59 Å². The number of amides is 2. The molecule has 3 aromatic rings. The van der Waals surface area contributed by atoms with Crippen LogP contribution in [-0.2, 0) is 11.2 Å². The van der Waals surface area contributed by atoms with Crippen molar-refractivity contribution in [2.24, 2.45) is 5.92 Å². The molecule has 2 amide bonds. The van der Waals surface area contributed by atoms with Crippen LogP contribution in [-0.4, -0.2) is 45.5 Å². The van der Waals surface area contributed by atoms with Crippen LogP contribution in [0.4, 0.5) is 0 Å². The van der Waals surface area contributed by atoms with Crippen LogP contribution in [0.5, 0.6) is 5.75 Å². The largest absolute Gasteiger partial charge is 0.493 e. The summed E-state index contributed by atoms with van der Waals surface area (Å²) in [7, 11) is 0. The number of aromatic nitrogens is 3. The minimum Gasteiger partial charge on any atom is -0.493 e. The monoisotopic (exact) mass is 489 g/mol. The molecule has 0 bridgehead atoms. The number of aryl methyl sites for hydroxylation is 2. The van der Waals surface area contributed by atoms with Gasteiger partial charge in [-0.1, -0.05) is 13.0 Å². The molecule has 190 valence electrons. The van der Waals surface area contributed by atoms with Gasteiger partial charge in [-0.15, -0.1) is 0 Å². The number of nitrogens with one attached hydrogen (secondary N) is 3. The van der Waals surface area contributed by atoms with Crippen LogP contribution in [0.1, 0.15) is 74.0 Å². The summed E-state index contributed by atoms with van der Waals surface area (Å²) in [5.41, 5.74) is 5.57. The molecule has 0 unspecified atom stereocenters. The van der Waals surface area contributed by atoms with E-state index in [0.29, 0.717) is 23.6 Å². The third-order valence-corrected chi connectivity index (χ3v) is 7.35. The lowest BCUT2D eigenvalue weighted by Gasteiger charge is -2.29. The first kappa shape index (κ1) is 24.3. The minimum atomic E-state index is -0.126. The molecule has 2 heterocycles. The van der Waals surface area contributed by atoms with Gasteiger partial charge < -0.3 is 20.4 Å². The Labute approximate surface area is 211 Å². The van der Waals surface area contributed by atoms with Crippen molar-refractivity contribution in [3.05, 3.63) is 41.3 Å². The fraction of sp³-hybridized carbons (Fsp3) is 0.500. The second-order valence-corrected chi connectivity index (χ2v) is 10.2. The van der Waals surface area contributed by atoms with Crippen molar-refractivity contribution >= 4 is 22.8 Å². The van der Waals surface area contributed by atoms with Crippen LogP contribution >= 0.6 is 0 Å². The molecule has 8 nitrogen and oxygen atoms in total. The predicted octanol–water partition coefficient (Wildman–Crippen LogP) is 4.46. The minimum absolute atomic E-state index is 0.00189. The number of fused-ring (bicyclic) bond motifs is 1. The number of hydrogen-bond donors (Lipinski definition) is 3. The highest BCUT2D eigenvalue weighted by molar-refractivity contribution is 6.09. The van der Waals surface area contributed by atoms with E-state index in [1.54, 1.807) is 6.92 Å². The molecule has 5 rings (SSSR count). The molecule has 1 aromatic carbocycles. The number of carbonyl (C=O) groups is 2. The summed E-state index contributed by atoms with van der Waals surface area (Å²) in [5.74, 6) is 1.33. The molecule has 8 heteroatoms. The highest BCUT2D eigenvalue weighted by Gasteiger charge is 2.27. The van der Waals surface area contributed by atoms with E-state index in [-0.39, 0.29) is 23.9 Å². The number of H-pyrrole nitrogens is 1. The van der Waals surface area contributed by atoms with Gasteiger partial charge >= 0.3 is 0 Å². The lowest BCUT2D eigenvalue weighted by molar-refractivity contribution is -0.119. The predicted molar refractivity (Wildman–Crippen MR) is 139 cm³/mol. The summed E-state index contributed by atoms with van der Waals surface area (Å²) in [6.07, 6.45) is 8.29. The fourth-order valence-electron chi connectivity index (χ4n) is 5.13. The van der Waals surface area contributed by atoms with E-state index in [1.807, 2.05) is 13.0 Å². The van der Waals surface area contributed by atoms with Gasteiger partial charge in [-0.25, -0.2) is 9.97 Å². The van der Waals surface area contributed by atoms with Crippen molar-refractivity contribution in [3.63, 3.8) is 0 Å². The molecule has 0 saturated heterocycles. The van der Waals surface area contributed by atoms with Crippen molar-refractivity contribution in [3.8, 4) is 17.0 Å². The van der Waals surface area contributed by atoms with Crippen molar-refractivity contribution in [1.82, 2.24) is 25.6 Å². The van der Waals surface area contributed by atoms with Gasteiger partial charge in [0.1, 0.15) is 23.3 Å². The van der Waals surface area contributed by atoms with Crippen molar-refractivity contribution < 1.29 is 14.3 Å². The van der Waals surface area contributed by atoms with Crippen molar-refractivity contribution in [2.75, 3.05) is 6.61 Å². The molecule has 2 fully saturated rings. The summed E-state index contributed by atoms with van der Waals surface area (Å²) in [6.45, 7) is 6.30. The quantitative estimate of drug-likeness (QED) is 0.433. The molecule has 2 aromatic heterocycles. The fourth-order valence-corrected chi connectivity index (χ4v) is 5.13. The molecule has 3 N–H and O–H groups in total. The number of benzene rings is 1. The second-order valence-electron chi connectivity index (χ2n) is 10.2. The van der Waals surface area contributed by atoms with Crippen LogP contribution in [0, 0.1) is 12.8 Å². The first-order valence-corrected chi connectivity index (χ1v) is 13.1. The van der Waals surface area contributed by atoms with E-state index in [4.69, 9.17) is 4.74 Å². The molecule has 0 spiro atoms. The molecule has 0 radical (unpaired) electrons. The zero-order chi connectivity index (χ0) is 25.2. The Morgan fingerprint density at radius 2 is 1.78 bits per heavy atom. The van der Waals surface area contributed by atoms with Crippen LogP contribution in [0.25, 0.3) is 22.3 Å². The van der Waals surface area contributed by atoms with Gasteiger partial charge in [-0.05, 0) is 75.5 Å². The maximum Gasteiger partial charge on any atom is 0.255 e. The molecular formula is C28H35N5O3. The summed E-state index contributed by atoms with van der Waals surface area (Å²) in [6, 6.07) is 6.54. The highest BCUT2D eigenvalue weighted by atomic mass is 16.5. The van der Waals surface area contributed by atoms with E-state index < -0.39 is 0 Å². The lowest BCUT2D eigenvalue weighted by Crippen LogP contribution is -2.43. The highest BCUT2D eigenvalue weighted by Crippen LogP contribution is 2.37. The molecule has 2 saturated carbocycles. The summed E-state index contributed by atoms with van der Waals surface area (Å²) < 4.78 is 6.20. The average Bonchev–Trinajstić information content (AvgIpc) is 3.63. The van der Waals surface area contributed by atoms with E-state index >= 15 is 0 Å². The van der Waals surface area contributed by atoms with E-state index in [0.717, 1.165) is 60.3 Å². The third kappa shape index (κ3) is 5.22. The maximum absolute atomic E-state index is 13.4. The van der Waals surface area contributed by atoms with Crippen LogP contribution in [0.15, 0.2) is 24.5 Å². The van der Waals surface area contributed by atoms with Gasteiger partial charge in [0.2, 0.25) is 5.91 Å². The Kier molecular flexibility index (Phi) is 6.94. The summed E-state index contributed by atoms with van der Waals surface area (Å²) in [5, 5.41) is 6.19. The zero-order valence-corrected chi connectivity index (χ0v) is 21.3. The van der Waals surface area contributed by atoms with Crippen molar-refractivity contribution in [2.45, 2.75) is 77.8 Å². The first-order valence-electron chi connectivity index (χ1n) is 13.1. The molecule has 2 aliphatic carbocycles. The van der Waals surface area contributed by atoms with E-state index in [2.05, 4.69) is 44.6 Å². The SMILES string of the molecule is CCc1ccc(OCC2CC2)c(-c2ncnc3c(C(=O)NC4CCC(NC(C)=O)CC4)c(C)[nH]c23)c1. The van der Waals surface area contributed by atoms with E-state index in [9.17, 15) is 9.59 Å². The van der Waals surface area contributed by atoms with Crippen LogP contribution in [0.3, 0.4) is 0 Å². The number of hydrogen-bond acceptors (Lipinski definition) is 5. The topological polar surface area (TPSA) is 109 Å². The number of ether oxygens (including phenoxy) is 1. The molecule has 2 aliphatic rings. The Morgan fingerprint density at radius 1 is 1.06 bits per heavy atom. The Bertz CT molecular complexity index is 1270. The van der Waals surface area contributed by atoms with Crippen molar-refractivity contribution in [1.29, 1.82) is 0 Å². The van der Waals surface area contributed by atoms with Gasteiger partial charge in [-0.2, -0.15) is 0 Å². The second kappa shape index (κ2) is 10.3. The number of aromatic amines is 1. The van der Waals surface area contributed by atoms with Gasteiger partial charge in [0, 0.05) is 30.3 Å². The Balaban J connectivity index is 1.41. The zero-order valence-electron chi connectivity index (χ0n) is 21.3.